The molecule has 110 valence electrons. The number of nitrogens with two attached hydrogens (primary N) is 1. The van der Waals surface area contributed by atoms with Crippen molar-refractivity contribution in [3.8, 4) is 0 Å². The second-order valence-corrected chi connectivity index (χ2v) is 5.95. The Labute approximate surface area is 133 Å². The first-order chi connectivity index (χ1) is 10.0. The third kappa shape index (κ3) is 3.85. The van der Waals surface area contributed by atoms with Gasteiger partial charge in [-0.05, 0) is 54.8 Å². The average molecular weight is 347 g/mol. The molecule has 0 aromatic heterocycles. The van der Waals surface area contributed by atoms with Crippen molar-refractivity contribution < 1.29 is 4.79 Å². The van der Waals surface area contributed by atoms with E-state index < -0.39 is 0 Å². The summed E-state index contributed by atoms with van der Waals surface area (Å²) < 4.78 is 1.02. The molecule has 0 bridgehead atoms. The summed E-state index contributed by atoms with van der Waals surface area (Å²) in [7, 11) is 0. The van der Waals surface area contributed by atoms with Crippen LogP contribution in [0.5, 0.6) is 0 Å². The Morgan fingerprint density at radius 2 is 2.05 bits per heavy atom. The summed E-state index contributed by atoms with van der Waals surface area (Å²) in [5.41, 5.74) is 9.34. The van der Waals surface area contributed by atoms with Crippen LogP contribution in [0.1, 0.15) is 30.9 Å². The summed E-state index contributed by atoms with van der Waals surface area (Å²) in [4.78, 5) is 12.4. The van der Waals surface area contributed by atoms with Gasteiger partial charge in [0, 0.05) is 15.8 Å². The van der Waals surface area contributed by atoms with Gasteiger partial charge < -0.3 is 11.1 Å². The van der Waals surface area contributed by atoms with Crippen LogP contribution in [0.4, 0.5) is 11.4 Å². The molecule has 0 radical (unpaired) electrons. The number of amides is 1. The summed E-state index contributed by atoms with van der Waals surface area (Å²) in [5.74, 6) is -0.278. The highest BCUT2D eigenvalue weighted by atomic mass is 79.9. The number of carbonyl (C=O) groups excluding carboxylic acids is 1. The molecule has 0 saturated carbocycles. The SMILES string of the molecule is CCc1cc(Br)ccc1NC(=O)C(C)c1cccc(N)c1. The molecule has 21 heavy (non-hydrogen) atoms. The highest BCUT2D eigenvalue weighted by Crippen LogP contribution is 2.24. The van der Waals surface area contributed by atoms with Gasteiger partial charge in [0.25, 0.3) is 0 Å². The number of carbonyl (C=O) groups is 1. The number of nitrogens with one attached hydrogen (secondary N) is 1. The number of nitrogen functional groups attached to an aromatic ring is 1. The fourth-order valence-corrected chi connectivity index (χ4v) is 2.61. The largest absolute Gasteiger partial charge is 0.399 e. The Morgan fingerprint density at radius 1 is 1.29 bits per heavy atom. The molecular formula is C17H19BrN2O. The first-order valence-corrected chi connectivity index (χ1v) is 7.75. The molecule has 1 unspecified atom stereocenters. The van der Waals surface area contributed by atoms with Crippen molar-refractivity contribution in [3.05, 3.63) is 58.1 Å². The van der Waals surface area contributed by atoms with Crippen molar-refractivity contribution in [3.63, 3.8) is 0 Å². The summed E-state index contributed by atoms with van der Waals surface area (Å²) >= 11 is 3.45. The third-order valence-electron chi connectivity index (χ3n) is 3.51. The highest BCUT2D eigenvalue weighted by molar-refractivity contribution is 9.10. The van der Waals surface area contributed by atoms with E-state index in [1.165, 1.54) is 0 Å². The van der Waals surface area contributed by atoms with E-state index in [9.17, 15) is 4.79 Å². The van der Waals surface area contributed by atoms with Crippen LogP contribution in [0, 0.1) is 0 Å². The number of benzene rings is 2. The van der Waals surface area contributed by atoms with Gasteiger partial charge in [0.1, 0.15) is 0 Å². The highest BCUT2D eigenvalue weighted by Gasteiger charge is 2.16. The number of rotatable bonds is 4. The Morgan fingerprint density at radius 3 is 2.71 bits per heavy atom. The number of hydrogen-bond donors (Lipinski definition) is 2. The molecule has 0 aliphatic carbocycles. The first-order valence-electron chi connectivity index (χ1n) is 6.96. The molecule has 0 aliphatic heterocycles. The van der Waals surface area contributed by atoms with Gasteiger partial charge in [-0.2, -0.15) is 0 Å². The Kier molecular flexibility index (Phi) is 5.02. The predicted octanol–water partition coefficient (Wildman–Crippen LogP) is 4.34. The zero-order valence-electron chi connectivity index (χ0n) is 12.2. The molecular weight excluding hydrogens is 328 g/mol. The lowest BCUT2D eigenvalue weighted by Gasteiger charge is -2.15. The molecule has 2 aromatic rings. The molecule has 2 rings (SSSR count). The van der Waals surface area contributed by atoms with Crippen LogP contribution in [-0.2, 0) is 11.2 Å². The Bertz CT molecular complexity index is 655. The van der Waals surface area contributed by atoms with Gasteiger partial charge in [-0.3, -0.25) is 4.79 Å². The van der Waals surface area contributed by atoms with Crippen LogP contribution in [0.25, 0.3) is 0 Å². The van der Waals surface area contributed by atoms with E-state index in [4.69, 9.17) is 5.73 Å². The summed E-state index contributed by atoms with van der Waals surface area (Å²) in [5, 5.41) is 3.01. The molecule has 0 heterocycles. The van der Waals surface area contributed by atoms with Gasteiger partial charge in [-0.15, -0.1) is 0 Å². The second-order valence-electron chi connectivity index (χ2n) is 5.04. The monoisotopic (exact) mass is 346 g/mol. The summed E-state index contributed by atoms with van der Waals surface area (Å²) in [6.07, 6.45) is 0.863. The zero-order valence-corrected chi connectivity index (χ0v) is 13.8. The van der Waals surface area contributed by atoms with Gasteiger partial charge in [-0.25, -0.2) is 0 Å². The molecule has 0 fully saturated rings. The minimum atomic E-state index is -0.248. The summed E-state index contributed by atoms with van der Waals surface area (Å²) in [6, 6.07) is 13.3. The van der Waals surface area contributed by atoms with Crippen LogP contribution in [0.2, 0.25) is 0 Å². The molecule has 0 spiro atoms. The van der Waals surface area contributed by atoms with Gasteiger partial charge >= 0.3 is 0 Å². The van der Waals surface area contributed by atoms with Crippen molar-refractivity contribution in [1.82, 2.24) is 0 Å². The van der Waals surface area contributed by atoms with E-state index in [1.807, 2.05) is 49.4 Å². The minimum absolute atomic E-state index is 0.0300. The number of halogens is 1. The Balaban J connectivity index is 2.18. The standard InChI is InChI=1S/C17H19BrN2O/c1-3-12-9-14(18)7-8-16(12)20-17(21)11(2)13-5-4-6-15(19)10-13/h4-11H,3,19H2,1-2H3,(H,20,21). The lowest BCUT2D eigenvalue weighted by Crippen LogP contribution is -2.19. The molecule has 0 saturated heterocycles. The van der Waals surface area contributed by atoms with Crippen molar-refractivity contribution in [2.45, 2.75) is 26.2 Å². The van der Waals surface area contributed by atoms with Crippen molar-refractivity contribution >= 4 is 33.2 Å². The van der Waals surface area contributed by atoms with Gasteiger partial charge in [0.15, 0.2) is 0 Å². The maximum atomic E-state index is 12.4. The zero-order chi connectivity index (χ0) is 15.4. The number of hydrogen-bond acceptors (Lipinski definition) is 2. The van der Waals surface area contributed by atoms with Crippen LogP contribution in [0.3, 0.4) is 0 Å². The third-order valence-corrected chi connectivity index (χ3v) is 4.00. The van der Waals surface area contributed by atoms with E-state index in [0.717, 1.165) is 27.7 Å². The number of anilines is 2. The maximum Gasteiger partial charge on any atom is 0.231 e. The van der Waals surface area contributed by atoms with E-state index in [0.29, 0.717) is 5.69 Å². The lowest BCUT2D eigenvalue weighted by atomic mass is 9.99. The molecule has 3 N–H and O–H groups in total. The van der Waals surface area contributed by atoms with E-state index in [-0.39, 0.29) is 11.8 Å². The van der Waals surface area contributed by atoms with Crippen molar-refractivity contribution in [2.24, 2.45) is 0 Å². The molecule has 0 aliphatic rings. The molecule has 3 nitrogen and oxygen atoms in total. The normalized spacial score (nSPS) is 12.0. The van der Waals surface area contributed by atoms with E-state index in [2.05, 4.69) is 28.2 Å². The van der Waals surface area contributed by atoms with E-state index in [1.54, 1.807) is 0 Å². The van der Waals surface area contributed by atoms with Crippen LogP contribution in [-0.4, -0.2) is 5.91 Å². The van der Waals surface area contributed by atoms with Gasteiger partial charge in [0.05, 0.1) is 5.92 Å². The topological polar surface area (TPSA) is 55.1 Å². The van der Waals surface area contributed by atoms with Crippen LogP contribution < -0.4 is 11.1 Å². The first kappa shape index (κ1) is 15.6. The van der Waals surface area contributed by atoms with Crippen LogP contribution >= 0.6 is 15.9 Å². The molecule has 4 heteroatoms. The minimum Gasteiger partial charge on any atom is -0.399 e. The smallest absolute Gasteiger partial charge is 0.231 e. The average Bonchev–Trinajstić information content (AvgIpc) is 2.48. The Hall–Kier alpha value is -1.81. The maximum absolute atomic E-state index is 12.4. The second kappa shape index (κ2) is 6.76. The number of aryl methyl sites for hydroxylation is 1. The molecule has 2 aromatic carbocycles. The van der Waals surface area contributed by atoms with Gasteiger partial charge in [-0.1, -0.05) is 35.0 Å². The van der Waals surface area contributed by atoms with E-state index >= 15 is 0 Å². The molecule has 1 atom stereocenters. The summed E-state index contributed by atoms with van der Waals surface area (Å²) in [6.45, 7) is 3.95. The van der Waals surface area contributed by atoms with Crippen LogP contribution in [0.15, 0.2) is 46.9 Å². The van der Waals surface area contributed by atoms with Crippen molar-refractivity contribution in [1.29, 1.82) is 0 Å². The van der Waals surface area contributed by atoms with Crippen molar-refractivity contribution in [2.75, 3.05) is 11.1 Å². The fourth-order valence-electron chi connectivity index (χ4n) is 2.20. The quantitative estimate of drug-likeness (QED) is 0.809. The predicted molar refractivity (Wildman–Crippen MR) is 91.4 cm³/mol. The van der Waals surface area contributed by atoms with Gasteiger partial charge in [0.2, 0.25) is 5.91 Å². The molecule has 1 amide bonds. The fraction of sp³-hybridized carbons (Fsp3) is 0.235. The lowest BCUT2D eigenvalue weighted by molar-refractivity contribution is -0.117.